The Balaban J connectivity index is 1.85. The molecule has 1 amide bonds. The molecule has 170 valence electrons. The van der Waals surface area contributed by atoms with Gasteiger partial charge in [-0.1, -0.05) is 16.8 Å². The molecule has 0 unspecified atom stereocenters. The second-order valence-corrected chi connectivity index (χ2v) is 9.19. The van der Waals surface area contributed by atoms with Gasteiger partial charge in [0.1, 0.15) is 0 Å². The van der Waals surface area contributed by atoms with Crippen molar-refractivity contribution in [2.24, 2.45) is 0 Å². The van der Waals surface area contributed by atoms with Crippen LogP contribution in [0.25, 0.3) is 11.4 Å². The van der Waals surface area contributed by atoms with Crippen molar-refractivity contribution in [1.82, 2.24) is 10.1 Å². The largest absolute Gasteiger partial charge is 0.426 e. The summed E-state index contributed by atoms with van der Waals surface area (Å²) >= 11 is 5.97. The fourth-order valence-electron chi connectivity index (χ4n) is 2.47. The van der Waals surface area contributed by atoms with E-state index in [0.29, 0.717) is 11.5 Å². The number of nitrogens with zero attached hydrogens (tertiary/aromatic N) is 2. The number of benzene rings is 2. The average Bonchev–Trinajstić information content (AvgIpc) is 3.15. The molecule has 0 aliphatic heterocycles. The maximum Gasteiger partial charge on any atom is 0.426 e. The van der Waals surface area contributed by atoms with Gasteiger partial charge in [-0.15, -0.1) is 0 Å². The van der Waals surface area contributed by atoms with Crippen LogP contribution in [0.3, 0.4) is 0 Å². The topological polar surface area (TPSA) is 122 Å². The highest BCUT2D eigenvalue weighted by atomic mass is 35.5. The van der Waals surface area contributed by atoms with Crippen LogP contribution in [-0.4, -0.2) is 41.3 Å². The highest BCUT2D eigenvalue weighted by molar-refractivity contribution is 7.91. The van der Waals surface area contributed by atoms with Crippen molar-refractivity contribution in [2.45, 2.75) is 35.4 Å². The summed E-state index contributed by atoms with van der Waals surface area (Å²) in [6.45, 7) is 1.89. The van der Waals surface area contributed by atoms with E-state index in [1.165, 1.54) is 24.3 Å². The number of alkyl halides is 3. The van der Waals surface area contributed by atoms with Crippen molar-refractivity contribution in [3.63, 3.8) is 0 Å². The molecule has 0 aliphatic rings. The number of nitrogens with one attached hydrogen (secondary N) is 1. The predicted molar refractivity (Wildman–Crippen MR) is 107 cm³/mol. The van der Waals surface area contributed by atoms with E-state index >= 15 is 0 Å². The molecule has 0 fully saturated rings. The minimum absolute atomic E-state index is 0.0886. The lowest BCUT2D eigenvalue weighted by Crippen LogP contribution is -2.52. The first-order chi connectivity index (χ1) is 14.7. The van der Waals surface area contributed by atoms with Crippen molar-refractivity contribution < 1.29 is 36.0 Å². The van der Waals surface area contributed by atoms with E-state index in [2.05, 4.69) is 10.1 Å². The number of carbonyl (C=O) groups is 1. The lowest BCUT2D eigenvalue weighted by atomic mass is 10.1. The molecule has 0 saturated carbocycles. The molecule has 1 aromatic heterocycles. The number of aliphatic hydroxyl groups is 1. The van der Waals surface area contributed by atoms with Crippen molar-refractivity contribution in [2.75, 3.05) is 5.32 Å². The van der Waals surface area contributed by atoms with Gasteiger partial charge in [-0.25, -0.2) is 8.42 Å². The van der Waals surface area contributed by atoms with Crippen LogP contribution in [0, 0.1) is 6.92 Å². The Morgan fingerprint density at radius 3 is 2.22 bits per heavy atom. The van der Waals surface area contributed by atoms with Crippen LogP contribution >= 0.6 is 11.6 Å². The number of carbonyl (C=O) groups excluding carboxylic acids is 1. The standard InChI is InChI=1S/C19H15ClF3N3O5S/c1-10-24-16(26-31-10)11-3-5-12(6-4-11)32(29,30)13-7-8-15(14(20)9-13)25-17(27)18(2,28)19(21,22)23/h3-9,28H,1-2H3,(H,25,27)/t18-/m1/s1. The van der Waals surface area contributed by atoms with E-state index in [9.17, 15) is 31.5 Å². The number of sulfone groups is 1. The summed E-state index contributed by atoms with van der Waals surface area (Å²) in [7, 11) is -4.04. The molecule has 2 N–H and O–H groups in total. The molecule has 1 heterocycles. The van der Waals surface area contributed by atoms with E-state index in [4.69, 9.17) is 16.1 Å². The van der Waals surface area contributed by atoms with Crippen molar-refractivity contribution in [1.29, 1.82) is 0 Å². The van der Waals surface area contributed by atoms with Crippen LogP contribution in [0.15, 0.2) is 56.8 Å². The lowest BCUT2D eigenvalue weighted by Gasteiger charge is -2.25. The van der Waals surface area contributed by atoms with Gasteiger partial charge >= 0.3 is 6.18 Å². The predicted octanol–water partition coefficient (Wildman–Crippen LogP) is 3.78. The highest BCUT2D eigenvalue weighted by Crippen LogP contribution is 2.33. The van der Waals surface area contributed by atoms with Crippen molar-refractivity contribution in [3.8, 4) is 11.4 Å². The first-order valence-electron chi connectivity index (χ1n) is 8.79. The molecule has 2 aromatic carbocycles. The van der Waals surface area contributed by atoms with Crippen LogP contribution in [0.5, 0.6) is 0 Å². The SMILES string of the molecule is Cc1nc(-c2ccc(S(=O)(=O)c3ccc(NC(=O)[C@@](C)(O)C(F)(F)F)c(Cl)c3)cc2)no1. The Kier molecular flexibility index (Phi) is 6.06. The van der Waals surface area contributed by atoms with Gasteiger partial charge in [0.15, 0.2) is 0 Å². The Hall–Kier alpha value is -2.96. The molecular weight excluding hydrogens is 475 g/mol. The third-order valence-electron chi connectivity index (χ3n) is 4.44. The third-order valence-corrected chi connectivity index (χ3v) is 6.52. The van der Waals surface area contributed by atoms with Gasteiger partial charge in [0.2, 0.25) is 27.2 Å². The summed E-state index contributed by atoms with van der Waals surface area (Å²) in [6, 6.07) is 8.66. The molecule has 3 aromatic rings. The molecule has 0 aliphatic carbocycles. The summed E-state index contributed by atoms with van der Waals surface area (Å²) in [5.74, 6) is -1.14. The van der Waals surface area contributed by atoms with Crippen molar-refractivity contribution >= 4 is 33.0 Å². The van der Waals surface area contributed by atoms with E-state index in [-0.39, 0.29) is 33.2 Å². The van der Waals surface area contributed by atoms with Crippen LogP contribution in [0.1, 0.15) is 12.8 Å². The zero-order valence-corrected chi connectivity index (χ0v) is 18.0. The van der Waals surface area contributed by atoms with Gasteiger partial charge in [-0.3, -0.25) is 4.79 Å². The van der Waals surface area contributed by atoms with Crippen LogP contribution in [-0.2, 0) is 14.6 Å². The third kappa shape index (κ3) is 4.47. The van der Waals surface area contributed by atoms with Gasteiger partial charge in [0, 0.05) is 12.5 Å². The summed E-state index contributed by atoms with van der Waals surface area (Å²) in [4.78, 5) is 15.5. The van der Waals surface area contributed by atoms with E-state index in [1.807, 2.05) is 5.32 Å². The van der Waals surface area contributed by atoms with Gasteiger partial charge in [-0.2, -0.15) is 18.2 Å². The number of aromatic nitrogens is 2. The minimum atomic E-state index is -5.22. The lowest BCUT2D eigenvalue weighted by molar-refractivity contribution is -0.242. The van der Waals surface area contributed by atoms with Gasteiger partial charge in [0.05, 0.1) is 20.5 Å². The Morgan fingerprint density at radius 1 is 1.12 bits per heavy atom. The first kappa shape index (κ1) is 23.7. The molecule has 3 rings (SSSR count). The average molecular weight is 490 g/mol. The molecule has 0 spiro atoms. The summed E-state index contributed by atoms with van der Waals surface area (Å²) in [6.07, 6.45) is -5.22. The smallest absolute Gasteiger partial charge is 0.373 e. The molecule has 8 nitrogen and oxygen atoms in total. The van der Waals surface area contributed by atoms with Gasteiger partial charge in [0.25, 0.3) is 5.91 Å². The number of anilines is 1. The maximum atomic E-state index is 12.9. The monoisotopic (exact) mass is 489 g/mol. The fourth-order valence-corrected chi connectivity index (χ4v) is 4.05. The highest BCUT2D eigenvalue weighted by Gasteiger charge is 2.55. The van der Waals surface area contributed by atoms with E-state index < -0.39 is 27.5 Å². The number of aryl methyl sites for hydroxylation is 1. The molecule has 0 saturated heterocycles. The van der Waals surface area contributed by atoms with E-state index in [1.54, 1.807) is 6.92 Å². The zero-order valence-electron chi connectivity index (χ0n) is 16.4. The quantitative estimate of drug-likeness (QED) is 0.559. The second kappa shape index (κ2) is 8.19. The molecule has 32 heavy (non-hydrogen) atoms. The summed E-state index contributed by atoms with van der Waals surface area (Å²) in [5, 5.41) is 14.7. The summed E-state index contributed by atoms with van der Waals surface area (Å²) in [5.41, 5.74) is -3.45. The fraction of sp³-hybridized carbons (Fsp3) is 0.211. The minimum Gasteiger partial charge on any atom is -0.373 e. The second-order valence-electron chi connectivity index (χ2n) is 6.83. The summed E-state index contributed by atoms with van der Waals surface area (Å²) < 4.78 is 69.0. The van der Waals surface area contributed by atoms with E-state index in [0.717, 1.165) is 18.2 Å². The van der Waals surface area contributed by atoms with Crippen LogP contribution in [0.2, 0.25) is 5.02 Å². The zero-order chi connectivity index (χ0) is 23.9. The van der Waals surface area contributed by atoms with Crippen LogP contribution in [0.4, 0.5) is 18.9 Å². The van der Waals surface area contributed by atoms with Crippen molar-refractivity contribution in [3.05, 3.63) is 53.4 Å². The maximum absolute atomic E-state index is 12.9. The number of halogens is 4. The molecule has 13 heteroatoms. The molecule has 1 atom stereocenters. The molecular formula is C19H15ClF3N3O5S. The van der Waals surface area contributed by atoms with Crippen LogP contribution < -0.4 is 5.32 Å². The number of amides is 1. The number of hydrogen-bond donors (Lipinski definition) is 2. The Bertz CT molecular complexity index is 1270. The first-order valence-corrected chi connectivity index (χ1v) is 10.7. The number of hydrogen-bond acceptors (Lipinski definition) is 7. The Morgan fingerprint density at radius 2 is 1.72 bits per heavy atom. The number of rotatable bonds is 5. The Labute approximate surface area is 184 Å². The molecule has 0 bridgehead atoms. The molecule has 0 radical (unpaired) electrons. The normalized spacial score (nSPS) is 14.1. The van der Waals surface area contributed by atoms with Gasteiger partial charge in [-0.05, 0) is 49.4 Å². The van der Waals surface area contributed by atoms with Gasteiger partial charge < -0.3 is 14.9 Å².